The van der Waals surface area contributed by atoms with Crippen LogP contribution >= 0.6 is 11.6 Å². The van der Waals surface area contributed by atoms with E-state index in [2.05, 4.69) is 22.2 Å². The number of nitrogens with one attached hydrogen (secondary N) is 1. The second-order valence-electron chi connectivity index (χ2n) is 3.53. The molecule has 1 aromatic rings. The van der Waals surface area contributed by atoms with Crippen LogP contribution in [0.25, 0.3) is 0 Å². The zero-order chi connectivity index (χ0) is 12.5. The number of rotatable bonds is 8. The summed E-state index contributed by atoms with van der Waals surface area (Å²) < 4.78 is 5.12. The van der Waals surface area contributed by atoms with Crippen LogP contribution in [-0.2, 0) is 11.2 Å². The molecule has 0 saturated carbocycles. The fourth-order valence-corrected chi connectivity index (χ4v) is 1.56. The lowest BCUT2D eigenvalue weighted by molar-refractivity contribution is 0.0992. The van der Waals surface area contributed by atoms with Gasteiger partial charge in [-0.2, -0.15) is 0 Å². The highest BCUT2D eigenvalue weighted by atomic mass is 35.5. The van der Waals surface area contributed by atoms with Gasteiger partial charge in [0.15, 0.2) is 0 Å². The van der Waals surface area contributed by atoms with E-state index in [0.717, 1.165) is 18.5 Å². The van der Waals surface area contributed by atoms with E-state index in [0.29, 0.717) is 25.6 Å². The number of hydrogen-bond donors (Lipinski definition) is 2. The average Bonchev–Trinajstić information content (AvgIpc) is 2.28. The monoisotopic (exact) mass is 259 g/mol. The van der Waals surface area contributed by atoms with Gasteiger partial charge in [-0.25, -0.2) is 9.97 Å². The Balaban J connectivity index is 2.41. The molecule has 0 aliphatic heterocycles. The van der Waals surface area contributed by atoms with Crippen molar-refractivity contribution in [3.63, 3.8) is 0 Å². The van der Waals surface area contributed by atoms with Crippen LogP contribution in [0.2, 0.25) is 5.28 Å². The number of hydrogen-bond acceptors (Lipinski definition) is 5. The van der Waals surface area contributed by atoms with E-state index >= 15 is 0 Å². The highest BCUT2D eigenvalue weighted by molar-refractivity contribution is 6.28. The highest BCUT2D eigenvalue weighted by Gasteiger charge is 2.01. The average molecular weight is 260 g/mol. The molecule has 0 fully saturated rings. The Morgan fingerprint density at radius 2 is 2.24 bits per heavy atom. The van der Waals surface area contributed by atoms with Crippen molar-refractivity contribution in [2.75, 3.05) is 31.7 Å². The fourth-order valence-electron chi connectivity index (χ4n) is 1.36. The van der Waals surface area contributed by atoms with Gasteiger partial charge in [-0.3, -0.25) is 0 Å². The first kappa shape index (κ1) is 14.2. The van der Waals surface area contributed by atoms with Crippen molar-refractivity contribution in [2.45, 2.75) is 19.8 Å². The number of aliphatic hydroxyl groups excluding tert-OH is 1. The van der Waals surface area contributed by atoms with Crippen molar-refractivity contribution < 1.29 is 9.84 Å². The van der Waals surface area contributed by atoms with E-state index in [1.807, 2.05) is 6.07 Å². The second-order valence-corrected chi connectivity index (χ2v) is 3.86. The Bertz CT molecular complexity index is 336. The van der Waals surface area contributed by atoms with E-state index in [-0.39, 0.29) is 11.9 Å². The summed E-state index contributed by atoms with van der Waals surface area (Å²) in [4.78, 5) is 8.20. The molecule has 6 heteroatoms. The Hall–Kier alpha value is -0.910. The van der Waals surface area contributed by atoms with Gasteiger partial charge in [-0.05, 0) is 18.0 Å². The molecule has 17 heavy (non-hydrogen) atoms. The summed E-state index contributed by atoms with van der Waals surface area (Å²) in [6, 6.07) is 1.89. The Morgan fingerprint density at radius 1 is 1.41 bits per heavy atom. The first-order valence-electron chi connectivity index (χ1n) is 5.72. The van der Waals surface area contributed by atoms with Crippen LogP contribution < -0.4 is 5.32 Å². The Labute approximate surface area is 106 Å². The van der Waals surface area contributed by atoms with E-state index in [4.69, 9.17) is 21.4 Å². The molecule has 96 valence electrons. The standard InChI is InChI=1S/C11H18ClN3O2/c1-2-3-9-8-10(15-11(12)14-9)13-4-6-17-7-5-16/h8,16H,2-7H2,1H3,(H,13,14,15). The van der Waals surface area contributed by atoms with Crippen LogP contribution in [0.4, 0.5) is 5.82 Å². The topological polar surface area (TPSA) is 67.3 Å². The number of anilines is 1. The molecular weight excluding hydrogens is 242 g/mol. The third-order valence-corrected chi connectivity index (χ3v) is 2.22. The Kier molecular flexibility index (Phi) is 6.84. The quantitative estimate of drug-likeness (QED) is 0.547. The Morgan fingerprint density at radius 3 is 2.94 bits per heavy atom. The molecule has 0 radical (unpaired) electrons. The van der Waals surface area contributed by atoms with Crippen molar-refractivity contribution in [1.29, 1.82) is 0 Å². The lowest BCUT2D eigenvalue weighted by atomic mass is 10.2. The molecule has 0 aliphatic carbocycles. The van der Waals surface area contributed by atoms with E-state index in [9.17, 15) is 0 Å². The minimum absolute atomic E-state index is 0.0417. The highest BCUT2D eigenvalue weighted by Crippen LogP contribution is 2.11. The zero-order valence-corrected chi connectivity index (χ0v) is 10.7. The molecular formula is C11H18ClN3O2. The second kappa shape index (κ2) is 8.22. The van der Waals surface area contributed by atoms with Gasteiger partial charge in [0.1, 0.15) is 5.82 Å². The molecule has 0 saturated heterocycles. The van der Waals surface area contributed by atoms with Gasteiger partial charge in [-0.1, -0.05) is 13.3 Å². The summed E-state index contributed by atoms with van der Waals surface area (Å²) in [6.45, 7) is 3.63. The summed E-state index contributed by atoms with van der Waals surface area (Å²) in [5, 5.41) is 11.9. The van der Waals surface area contributed by atoms with Gasteiger partial charge in [0.05, 0.1) is 19.8 Å². The maximum absolute atomic E-state index is 8.53. The summed E-state index contributed by atoms with van der Waals surface area (Å²) in [5.74, 6) is 0.709. The van der Waals surface area contributed by atoms with Gasteiger partial charge < -0.3 is 15.2 Å². The van der Waals surface area contributed by atoms with Crippen molar-refractivity contribution >= 4 is 17.4 Å². The van der Waals surface area contributed by atoms with Gasteiger partial charge in [0, 0.05) is 18.3 Å². The maximum atomic E-state index is 8.53. The van der Waals surface area contributed by atoms with Crippen molar-refractivity contribution in [2.24, 2.45) is 0 Å². The number of halogens is 1. The van der Waals surface area contributed by atoms with Crippen LogP contribution in [0.15, 0.2) is 6.07 Å². The molecule has 0 spiro atoms. The third kappa shape index (κ3) is 5.81. The van der Waals surface area contributed by atoms with Crippen molar-refractivity contribution in [3.8, 4) is 0 Å². The smallest absolute Gasteiger partial charge is 0.224 e. The molecule has 1 aromatic heterocycles. The minimum atomic E-state index is 0.0417. The molecule has 0 unspecified atom stereocenters. The van der Waals surface area contributed by atoms with Crippen LogP contribution in [0.3, 0.4) is 0 Å². The largest absolute Gasteiger partial charge is 0.394 e. The van der Waals surface area contributed by atoms with Gasteiger partial charge in [0.25, 0.3) is 0 Å². The van der Waals surface area contributed by atoms with Gasteiger partial charge >= 0.3 is 0 Å². The number of aryl methyl sites for hydroxylation is 1. The molecule has 0 aliphatic rings. The number of nitrogens with zero attached hydrogens (tertiary/aromatic N) is 2. The third-order valence-electron chi connectivity index (χ3n) is 2.05. The summed E-state index contributed by atoms with van der Waals surface area (Å²) in [5.41, 5.74) is 0.936. The van der Waals surface area contributed by atoms with Crippen LogP contribution in [0.5, 0.6) is 0 Å². The van der Waals surface area contributed by atoms with Crippen molar-refractivity contribution in [3.05, 3.63) is 17.0 Å². The SMILES string of the molecule is CCCc1cc(NCCOCCO)nc(Cl)n1. The summed E-state index contributed by atoms with van der Waals surface area (Å²) in [6.07, 6.45) is 1.91. The van der Waals surface area contributed by atoms with Crippen LogP contribution in [-0.4, -0.2) is 41.4 Å². The molecule has 1 heterocycles. The minimum Gasteiger partial charge on any atom is -0.394 e. The lowest BCUT2D eigenvalue weighted by Gasteiger charge is -2.07. The summed E-state index contributed by atoms with van der Waals surface area (Å²) in [7, 11) is 0. The normalized spacial score (nSPS) is 10.5. The fraction of sp³-hybridized carbons (Fsp3) is 0.636. The van der Waals surface area contributed by atoms with E-state index in [1.54, 1.807) is 0 Å². The maximum Gasteiger partial charge on any atom is 0.224 e. The number of aromatic nitrogens is 2. The molecule has 0 aromatic carbocycles. The first-order valence-corrected chi connectivity index (χ1v) is 6.10. The summed E-state index contributed by atoms with van der Waals surface area (Å²) >= 11 is 5.82. The van der Waals surface area contributed by atoms with Crippen LogP contribution in [0, 0.1) is 0 Å². The number of aliphatic hydroxyl groups is 1. The molecule has 5 nitrogen and oxygen atoms in total. The van der Waals surface area contributed by atoms with E-state index in [1.165, 1.54) is 0 Å². The van der Waals surface area contributed by atoms with Gasteiger partial charge in [0.2, 0.25) is 5.28 Å². The molecule has 0 atom stereocenters. The zero-order valence-electron chi connectivity index (χ0n) is 9.95. The first-order chi connectivity index (χ1) is 8.26. The van der Waals surface area contributed by atoms with Gasteiger partial charge in [-0.15, -0.1) is 0 Å². The molecule has 0 bridgehead atoms. The van der Waals surface area contributed by atoms with E-state index < -0.39 is 0 Å². The molecule has 2 N–H and O–H groups in total. The molecule has 0 amide bonds. The number of ether oxygens (including phenoxy) is 1. The predicted molar refractivity (Wildman–Crippen MR) is 67.4 cm³/mol. The van der Waals surface area contributed by atoms with Crippen molar-refractivity contribution in [1.82, 2.24) is 9.97 Å². The predicted octanol–water partition coefficient (Wildman–Crippen LogP) is 1.50. The lowest BCUT2D eigenvalue weighted by Crippen LogP contribution is -2.12. The van der Waals surface area contributed by atoms with Crippen LogP contribution in [0.1, 0.15) is 19.0 Å². The molecule has 1 rings (SSSR count).